The highest BCUT2D eigenvalue weighted by Gasteiger charge is 2.10. The molecule has 0 saturated carbocycles. The first-order chi connectivity index (χ1) is 6.56. The molecule has 3 heteroatoms. The molecule has 0 aliphatic heterocycles. The zero-order chi connectivity index (χ0) is 10.7. The maximum atomic E-state index is 13.3. The van der Waals surface area contributed by atoms with Crippen LogP contribution < -0.4 is 5.73 Å². The predicted octanol–water partition coefficient (Wildman–Crippen LogP) is 3.27. The summed E-state index contributed by atoms with van der Waals surface area (Å²) in [7, 11) is 0. The van der Waals surface area contributed by atoms with Gasteiger partial charge in [-0.3, -0.25) is 0 Å². The van der Waals surface area contributed by atoms with E-state index in [2.05, 4.69) is 6.92 Å². The highest BCUT2D eigenvalue weighted by atomic mass is 32.2. The van der Waals surface area contributed by atoms with Crippen LogP contribution in [0.2, 0.25) is 0 Å². The summed E-state index contributed by atoms with van der Waals surface area (Å²) in [5.41, 5.74) is 7.37. The van der Waals surface area contributed by atoms with Crippen LogP contribution >= 0.6 is 11.8 Å². The number of halogens is 1. The second-order valence-corrected chi connectivity index (χ2v) is 4.67. The molecule has 0 aromatic heterocycles. The number of benzene rings is 1. The Bertz CT molecular complexity index is 323. The smallest absolute Gasteiger partial charge is 0.126 e. The Morgan fingerprint density at radius 1 is 1.50 bits per heavy atom. The van der Waals surface area contributed by atoms with Gasteiger partial charge in [0.05, 0.1) is 0 Å². The predicted molar refractivity (Wildman–Crippen MR) is 60.1 cm³/mol. The van der Waals surface area contributed by atoms with E-state index in [1.165, 1.54) is 0 Å². The van der Waals surface area contributed by atoms with Crippen LogP contribution in [0.25, 0.3) is 0 Å². The van der Waals surface area contributed by atoms with E-state index in [-0.39, 0.29) is 11.9 Å². The Morgan fingerprint density at radius 2 is 2.14 bits per heavy atom. The van der Waals surface area contributed by atoms with Gasteiger partial charge >= 0.3 is 0 Å². The molecule has 0 amide bonds. The lowest BCUT2D eigenvalue weighted by Gasteiger charge is -2.13. The highest BCUT2D eigenvalue weighted by molar-refractivity contribution is 7.99. The van der Waals surface area contributed by atoms with Crippen molar-refractivity contribution in [1.82, 2.24) is 0 Å². The van der Waals surface area contributed by atoms with Crippen LogP contribution in [-0.2, 0) is 0 Å². The van der Waals surface area contributed by atoms with Crippen LogP contribution in [0, 0.1) is 12.7 Å². The van der Waals surface area contributed by atoms with Crippen molar-refractivity contribution in [2.24, 2.45) is 5.73 Å². The average molecular weight is 213 g/mol. The minimum Gasteiger partial charge on any atom is -0.324 e. The second-order valence-electron chi connectivity index (χ2n) is 3.36. The first kappa shape index (κ1) is 11.5. The Kier molecular flexibility index (Phi) is 3.96. The van der Waals surface area contributed by atoms with Crippen molar-refractivity contribution in [3.05, 3.63) is 29.1 Å². The molecule has 1 unspecified atom stereocenters. The van der Waals surface area contributed by atoms with Crippen LogP contribution in [-0.4, -0.2) is 5.75 Å². The van der Waals surface area contributed by atoms with Gasteiger partial charge in [-0.1, -0.05) is 6.92 Å². The number of aryl methyl sites for hydroxylation is 1. The maximum Gasteiger partial charge on any atom is 0.126 e. The Balaban J connectivity index is 3.17. The summed E-state index contributed by atoms with van der Waals surface area (Å²) in [6.45, 7) is 5.73. The third kappa shape index (κ3) is 2.49. The third-order valence-corrected chi connectivity index (χ3v) is 3.03. The van der Waals surface area contributed by atoms with Crippen molar-refractivity contribution in [3.63, 3.8) is 0 Å². The van der Waals surface area contributed by atoms with Gasteiger partial charge in [0.2, 0.25) is 0 Å². The number of thioether (sulfide) groups is 1. The molecule has 1 aromatic carbocycles. The lowest BCUT2D eigenvalue weighted by molar-refractivity contribution is 0.610. The standard InChI is InChI=1S/C11H16FNS/c1-4-14-11-5-7(2)10(12)6-9(11)8(3)13/h5-6,8H,4,13H2,1-3H3. The van der Waals surface area contributed by atoms with Gasteiger partial charge in [-0.2, -0.15) is 0 Å². The van der Waals surface area contributed by atoms with E-state index in [4.69, 9.17) is 5.73 Å². The summed E-state index contributed by atoms with van der Waals surface area (Å²) < 4.78 is 13.3. The Hall–Kier alpha value is -0.540. The largest absolute Gasteiger partial charge is 0.324 e. The molecular weight excluding hydrogens is 197 g/mol. The molecule has 0 radical (unpaired) electrons. The van der Waals surface area contributed by atoms with E-state index >= 15 is 0 Å². The third-order valence-electron chi connectivity index (χ3n) is 2.08. The number of hydrogen-bond acceptors (Lipinski definition) is 2. The molecule has 1 rings (SSSR count). The van der Waals surface area contributed by atoms with E-state index in [9.17, 15) is 4.39 Å². The molecule has 0 bridgehead atoms. The van der Waals surface area contributed by atoms with Crippen LogP contribution in [0.5, 0.6) is 0 Å². The molecule has 0 fully saturated rings. The topological polar surface area (TPSA) is 26.0 Å². The number of hydrogen-bond donors (Lipinski definition) is 1. The van der Waals surface area contributed by atoms with Gasteiger partial charge < -0.3 is 5.73 Å². The Labute approximate surface area is 88.9 Å². The van der Waals surface area contributed by atoms with Crippen molar-refractivity contribution < 1.29 is 4.39 Å². The van der Waals surface area contributed by atoms with Crippen LogP contribution in [0.1, 0.15) is 31.0 Å². The van der Waals surface area contributed by atoms with E-state index in [1.54, 1.807) is 24.8 Å². The van der Waals surface area contributed by atoms with E-state index in [0.29, 0.717) is 5.56 Å². The van der Waals surface area contributed by atoms with Gasteiger partial charge in [-0.05, 0) is 42.9 Å². The van der Waals surface area contributed by atoms with Crippen molar-refractivity contribution in [2.75, 3.05) is 5.75 Å². The molecular formula is C11H16FNS. The van der Waals surface area contributed by atoms with Gasteiger partial charge in [-0.15, -0.1) is 11.8 Å². The van der Waals surface area contributed by atoms with Crippen molar-refractivity contribution >= 4 is 11.8 Å². The normalized spacial score (nSPS) is 12.9. The summed E-state index contributed by atoms with van der Waals surface area (Å²) in [6, 6.07) is 3.32. The summed E-state index contributed by atoms with van der Waals surface area (Å²) in [4.78, 5) is 1.10. The fourth-order valence-corrected chi connectivity index (χ4v) is 2.29. The van der Waals surface area contributed by atoms with Crippen molar-refractivity contribution in [1.29, 1.82) is 0 Å². The highest BCUT2D eigenvalue weighted by Crippen LogP contribution is 2.28. The molecule has 0 spiro atoms. The molecule has 14 heavy (non-hydrogen) atoms. The van der Waals surface area contributed by atoms with E-state index in [1.807, 2.05) is 13.0 Å². The molecule has 0 heterocycles. The molecule has 1 atom stereocenters. The molecule has 78 valence electrons. The number of nitrogens with two attached hydrogens (primary N) is 1. The quantitative estimate of drug-likeness (QED) is 0.780. The first-order valence-electron chi connectivity index (χ1n) is 4.74. The first-order valence-corrected chi connectivity index (χ1v) is 5.73. The zero-order valence-corrected chi connectivity index (χ0v) is 9.62. The monoisotopic (exact) mass is 213 g/mol. The van der Waals surface area contributed by atoms with Gasteiger partial charge in [-0.25, -0.2) is 4.39 Å². The van der Waals surface area contributed by atoms with Crippen LogP contribution in [0.3, 0.4) is 0 Å². The SMILES string of the molecule is CCSc1cc(C)c(F)cc1C(C)N. The molecule has 0 saturated heterocycles. The van der Waals surface area contributed by atoms with Crippen molar-refractivity contribution in [2.45, 2.75) is 31.7 Å². The van der Waals surface area contributed by atoms with Crippen LogP contribution in [0.4, 0.5) is 4.39 Å². The molecule has 1 nitrogen and oxygen atoms in total. The minimum atomic E-state index is -0.169. The Morgan fingerprint density at radius 3 is 2.64 bits per heavy atom. The fourth-order valence-electron chi connectivity index (χ4n) is 1.31. The van der Waals surface area contributed by atoms with Gasteiger partial charge in [0, 0.05) is 10.9 Å². The molecule has 0 aliphatic carbocycles. The van der Waals surface area contributed by atoms with E-state index in [0.717, 1.165) is 16.2 Å². The summed E-state index contributed by atoms with van der Waals surface area (Å²) in [5, 5.41) is 0. The van der Waals surface area contributed by atoms with Gasteiger partial charge in [0.1, 0.15) is 5.82 Å². The van der Waals surface area contributed by atoms with E-state index < -0.39 is 0 Å². The molecule has 0 aliphatic rings. The zero-order valence-electron chi connectivity index (χ0n) is 8.80. The number of rotatable bonds is 3. The average Bonchev–Trinajstić information content (AvgIpc) is 2.11. The fraction of sp³-hybridized carbons (Fsp3) is 0.455. The second kappa shape index (κ2) is 4.80. The lowest BCUT2D eigenvalue weighted by Crippen LogP contribution is -2.07. The summed E-state index contributed by atoms with van der Waals surface area (Å²) in [5.74, 6) is 0.808. The molecule has 2 N–H and O–H groups in total. The summed E-state index contributed by atoms with van der Waals surface area (Å²) >= 11 is 1.71. The lowest BCUT2D eigenvalue weighted by atomic mass is 10.1. The molecule has 1 aromatic rings. The van der Waals surface area contributed by atoms with Crippen molar-refractivity contribution in [3.8, 4) is 0 Å². The van der Waals surface area contributed by atoms with Gasteiger partial charge in [0.25, 0.3) is 0 Å². The summed E-state index contributed by atoms with van der Waals surface area (Å²) in [6.07, 6.45) is 0. The van der Waals surface area contributed by atoms with Gasteiger partial charge in [0.15, 0.2) is 0 Å². The maximum absolute atomic E-state index is 13.3. The minimum absolute atomic E-state index is 0.112. The van der Waals surface area contributed by atoms with Crippen LogP contribution in [0.15, 0.2) is 17.0 Å².